The fourth-order valence-electron chi connectivity index (χ4n) is 3.44. The first-order chi connectivity index (χ1) is 10.4. The standard InChI is InChI=1S/C18H26N2O2/c1-13(22-4)9-10-18(21)14-7-5-6-8-15(14)20-12-17(2,3)11-19-16(18)20/h5-8,13,21H,9-12H2,1-4H3. The number of anilines is 1. The number of methoxy groups -OCH3 is 1. The lowest BCUT2D eigenvalue weighted by molar-refractivity contribution is 0.0592. The van der Waals surface area contributed by atoms with Crippen molar-refractivity contribution in [2.75, 3.05) is 25.1 Å². The maximum Gasteiger partial charge on any atom is 0.149 e. The van der Waals surface area contributed by atoms with Crippen molar-refractivity contribution in [3.05, 3.63) is 29.8 Å². The second kappa shape index (κ2) is 5.36. The Morgan fingerprint density at radius 2 is 2.09 bits per heavy atom. The van der Waals surface area contributed by atoms with E-state index < -0.39 is 5.60 Å². The summed E-state index contributed by atoms with van der Waals surface area (Å²) >= 11 is 0. The Morgan fingerprint density at radius 1 is 1.36 bits per heavy atom. The summed E-state index contributed by atoms with van der Waals surface area (Å²) in [6.45, 7) is 8.13. The number of amidine groups is 1. The van der Waals surface area contributed by atoms with Gasteiger partial charge in [-0.3, -0.25) is 4.99 Å². The molecule has 2 heterocycles. The zero-order valence-corrected chi connectivity index (χ0v) is 14.0. The van der Waals surface area contributed by atoms with Gasteiger partial charge in [-0.25, -0.2) is 0 Å². The molecule has 120 valence electrons. The molecule has 2 aliphatic heterocycles. The van der Waals surface area contributed by atoms with Crippen molar-refractivity contribution in [1.29, 1.82) is 0 Å². The Hall–Kier alpha value is -1.39. The second-order valence-corrected chi connectivity index (χ2v) is 7.35. The Bertz CT molecular complexity index is 597. The molecule has 2 unspecified atom stereocenters. The Kier molecular flexibility index (Phi) is 3.77. The van der Waals surface area contributed by atoms with Crippen molar-refractivity contribution in [2.45, 2.75) is 45.3 Å². The lowest BCUT2D eigenvalue weighted by atomic mass is 9.87. The highest BCUT2D eigenvalue weighted by atomic mass is 16.5. The molecule has 2 aliphatic rings. The molecular weight excluding hydrogens is 276 g/mol. The normalized spacial score (nSPS) is 27.1. The van der Waals surface area contributed by atoms with E-state index in [2.05, 4.69) is 24.8 Å². The highest BCUT2D eigenvalue weighted by Gasteiger charge is 2.49. The SMILES string of the molecule is COC(C)CCC1(O)C2=NCC(C)(C)CN2c2ccccc21. The number of hydrogen-bond donors (Lipinski definition) is 1. The van der Waals surface area contributed by atoms with Crippen molar-refractivity contribution in [3.63, 3.8) is 0 Å². The van der Waals surface area contributed by atoms with Crippen LogP contribution in [0, 0.1) is 5.41 Å². The van der Waals surface area contributed by atoms with Crippen LogP contribution in [0.3, 0.4) is 0 Å². The second-order valence-electron chi connectivity index (χ2n) is 7.35. The van der Waals surface area contributed by atoms with Crippen LogP contribution >= 0.6 is 0 Å². The van der Waals surface area contributed by atoms with E-state index >= 15 is 0 Å². The van der Waals surface area contributed by atoms with Gasteiger partial charge in [-0.15, -0.1) is 0 Å². The van der Waals surface area contributed by atoms with Crippen LogP contribution in [0.1, 0.15) is 39.2 Å². The van der Waals surface area contributed by atoms with E-state index in [0.29, 0.717) is 6.42 Å². The first-order valence-corrected chi connectivity index (χ1v) is 8.04. The topological polar surface area (TPSA) is 45.1 Å². The van der Waals surface area contributed by atoms with Gasteiger partial charge in [0.05, 0.1) is 6.10 Å². The highest BCUT2D eigenvalue weighted by molar-refractivity contribution is 6.10. The highest BCUT2D eigenvalue weighted by Crippen LogP contribution is 2.46. The molecule has 0 saturated heterocycles. The molecule has 0 saturated carbocycles. The molecule has 0 fully saturated rings. The molecule has 0 aliphatic carbocycles. The van der Waals surface area contributed by atoms with Crippen molar-refractivity contribution in [1.82, 2.24) is 0 Å². The third-order valence-corrected chi connectivity index (χ3v) is 4.82. The van der Waals surface area contributed by atoms with Gasteiger partial charge in [0.25, 0.3) is 0 Å². The number of rotatable bonds is 4. The van der Waals surface area contributed by atoms with E-state index in [1.807, 2.05) is 25.1 Å². The number of para-hydroxylation sites is 1. The van der Waals surface area contributed by atoms with Crippen LogP contribution in [0.15, 0.2) is 29.3 Å². The zero-order chi connectivity index (χ0) is 16.0. The fraction of sp³-hybridized carbons (Fsp3) is 0.611. The zero-order valence-electron chi connectivity index (χ0n) is 14.0. The summed E-state index contributed by atoms with van der Waals surface area (Å²) < 4.78 is 5.35. The van der Waals surface area contributed by atoms with Crippen molar-refractivity contribution >= 4 is 11.5 Å². The maximum absolute atomic E-state index is 11.4. The number of ether oxygens (including phenoxy) is 1. The average molecular weight is 302 g/mol. The number of nitrogens with zero attached hydrogens (tertiary/aromatic N) is 2. The van der Waals surface area contributed by atoms with Gasteiger partial charge in [0.2, 0.25) is 0 Å². The largest absolute Gasteiger partial charge is 0.382 e. The molecule has 4 heteroatoms. The first kappa shape index (κ1) is 15.5. The number of fused-ring (bicyclic) bond motifs is 3. The summed E-state index contributed by atoms with van der Waals surface area (Å²) in [6.07, 6.45) is 1.57. The van der Waals surface area contributed by atoms with Gasteiger partial charge in [0.1, 0.15) is 11.4 Å². The van der Waals surface area contributed by atoms with Crippen LogP contribution in [-0.4, -0.2) is 37.2 Å². The van der Waals surface area contributed by atoms with E-state index in [-0.39, 0.29) is 11.5 Å². The number of aliphatic imine (C=N–C) groups is 1. The molecule has 22 heavy (non-hydrogen) atoms. The predicted molar refractivity (Wildman–Crippen MR) is 89.5 cm³/mol. The molecule has 0 aromatic heterocycles. The molecule has 3 rings (SSSR count). The monoisotopic (exact) mass is 302 g/mol. The quantitative estimate of drug-likeness (QED) is 0.930. The fourth-order valence-corrected chi connectivity index (χ4v) is 3.44. The number of hydrogen-bond acceptors (Lipinski definition) is 4. The molecule has 2 atom stereocenters. The van der Waals surface area contributed by atoms with Gasteiger partial charge in [-0.2, -0.15) is 0 Å². The van der Waals surface area contributed by atoms with Crippen LogP contribution in [0.25, 0.3) is 0 Å². The van der Waals surface area contributed by atoms with E-state index in [1.165, 1.54) is 0 Å². The number of benzene rings is 1. The molecule has 1 aromatic rings. The van der Waals surface area contributed by atoms with Crippen LogP contribution in [0.4, 0.5) is 5.69 Å². The number of aliphatic hydroxyl groups is 1. The Morgan fingerprint density at radius 3 is 2.82 bits per heavy atom. The minimum absolute atomic E-state index is 0.127. The van der Waals surface area contributed by atoms with Gasteiger partial charge in [0, 0.05) is 36.9 Å². The lowest BCUT2D eigenvalue weighted by Gasteiger charge is -2.38. The summed E-state index contributed by atoms with van der Waals surface area (Å²) in [4.78, 5) is 6.97. The summed E-state index contributed by atoms with van der Waals surface area (Å²) in [6, 6.07) is 8.14. The molecule has 1 aromatic carbocycles. The van der Waals surface area contributed by atoms with Crippen molar-refractivity contribution < 1.29 is 9.84 Å². The van der Waals surface area contributed by atoms with Crippen molar-refractivity contribution in [3.8, 4) is 0 Å². The average Bonchev–Trinajstić information content (AvgIpc) is 2.74. The molecular formula is C18H26N2O2. The lowest BCUT2D eigenvalue weighted by Crippen LogP contribution is -2.49. The van der Waals surface area contributed by atoms with Gasteiger partial charge in [-0.05, 0) is 25.8 Å². The van der Waals surface area contributed by atoms with Crippen LogP contribution < -0.4 is 4.90 Å². The summed E-state index contributed by atoms with van der Waals surface area (Å²) in [5.41, 5.74) is 1.22. The van der Waals surface area contributed by atoms with Crippen molar-refractivity contribution in [2.24, 2.45) is 10.4 Å². The molecule has 0 spiro atoms. The smallest absolute Gasteiger partial charge is 0.149 e. The minimum Gasteiger partial charge on any atom is -0.382 e. The molecule has 0 bridgehead atoms. The Balaban J connectivity index is 2.00. The van der Waals surface area contributed by atoms with E-state index in [1.54, 1.807) is 7.11 Å². The van der Waals surface area contributed by atoms with E-state index in [9.17, 15) is 5.11 Å². The van der Waals surface area contributed by atoms with Crippen LogP contribution in [-0.2, 0) is 10.3 Å². The summed E-state index contributed by atoms with van der Waals surface area (Å²) in [5.74, 6) is 0.816. The predicted octanol–water partition coefficient (Wildman–Crippen LogP) is 2.95. The summed E-state index contributed by atoms with van der Waals surface area (Å²) in [7, 11) is 1.71. The van der Waals surface area contributed by atoms with Gasteiger partial charge in [-0.1, -0.05) is 32.0 Å². The molecule has 0 radical (unpaired) electrons. The Labute approximate surface area is 132 Å². The van der Waals surface area contributed by atoms with E-state index in [0.717, 1.165) is 36.6 Å². The molecule has 4 nitrogen and oxygen atoms in total. The van der Waals surface area contributed by atoms with Gasteiger partial charge < -0.3 is 14.7 Å². The first-order valence-electron chi connectivity index (χ1n) is 8.04. The van der Waals surface area contributed by atoms with E-state index in [4.69, 9.17) is 9.73 Å². The maximum atomic E-state index is 11.4. The third kappa shape index (κ3) is 2.44. The molecule has 0 amide bonds. The summed E-state index contributed by atoms with van der Waals surface area (Å²) in [5, 5.41) is 11.4. The van der Waals surface area contributed by atoms with Gasteiger partial charge >= 0.3 is 0 Å². The van der Waals surface area contributed by atoms with Crippen LogP contribution in [0.5, 0.6) is 0 Å². The molecule has 1 N–H and O–H groups in total. The van der Waals surface area contributed by atoms with Gasteiger partial charge in [0.15, 0.2) is 0 Å². The minimum atomic E-state index is -0.986. The third-order valence-electron chi connectivity index (χ3n) is 4.82. The van der Waals surface area contributed by atoms with Crippen LogP contribution in [0.2, 0.25) is 0 Å².